The molecule has 18 heavy (non-hydrogen) atoms. The zero-order chi connectivity index (χ0) is 14.1. The van der Waals surface area contributed by atoms with Crippen LogP contribution < -0.4 is 10.5 Å². The fourth-order valence-electron chi connectivity index (χ4n) is 1.79. The molecule has 1 aromatic carbocycles. The third-order valence-corrected chi connectivity index (χ3v) is 3.52. The van der Waals surface area contributed by atoms with E-state index in [1.54, 1.807) is 0 Å². The fraction of sp³-hybridized carbons (Fsp3) is 0.538. The molecule has 1 rings (SSSR count). The van der Waals surface area contributed by atoms with Crippen LogP contribution in [0.2, 0.25) is 0 Å². The zero-order valence-corrected chi connectivity index (χ0v) is 12.4. The highest BCUT2D eigenvalue weighted by Gasteiger charge is 2.20. The van der Waals surface area contributed by atoms with E-state index in [9.17, 15) is 8.42 Å². The summed E-state index contributed by atoms with van der Waals surface area (Å²) in [5.74, 6) is 0.387. The molecule has 1 aromatic rings. The first-order chi connectivity index (χ1) is 8.04. The van der Waals surface area contributed by atoms with Crippen molar-refractivity contribution < 1.29 is 13.2 Å². The monoisotopic (exact) mass is 271 g/mol. The highest BCUT2D eigenvalue weighted by Crippen LogP contribution is 2.34. The van der Waals surface area contributed by atoms with Gasteiger partial charge in [0.15, 0.2) is 9.84 Å². The third-order valence-electron chi connectivity index (χ3n) is 2.68. The van der Waals surface area contributed by atoms with Crippen LogP contribution >= 0.6 is 0 Å². The molecule has 0 spiro atoms. The van der Waals surface area contributed by atoms with Crippen LogP contribution in [0, 0.1) is 0 Å². The Morgan fingerprint density at radius 3 is 2.22 bits per heavy atom. The van der Waals surface area contributed by atoms with Gasteiger partial charge in [-0.25, -0.2) is 8.42 Å². The Kier molecular flexibility index (Phi) is 3.96. The minimum atomic E-state index is -3.12. The van der Waals surface area contributed by atoms with Crippen molar-refractivity contribution in [3.8, 4) is 5.75 Å². The topological polar surface area (TPSA) is 69.4 Å². The van der Waals surface area contributed by atoms with E-state index in [1.807, 2.05) is 12.1 Å². The van der Waals surface area contributed by atoms with Crippen LogP contribution in [0.3, 0.4) is 0 Å². The molecule has 0 aliphatic carbocycles. The summed E-state index contributed by atoms with van der Waals surface area (Å²) in [7, 11) is -1.63. The SMILES string of the molecule is COc1c(N)cc(C(C)(C)C)cc1CS(C)(=O)=O. The maximum Gasteiger partial charge on any atom is 0.151 e. The van der Waals surface area contributed by atoms with E-state index in [-0.39, 0.29) is 11.2 Å². The number of hydrogen-bond acceptors (Lipinski definition) is 4. The Morgan fingerprint density at radius 2 is 1.83 bits per heavy atom. The predicted octanol–water partition coefficient (Wildman–Crippen LogP) is 2.12. The van der Waals surface area contributed by atoms with Crippen molar-refractivity contribution in [1.29, 1.82) is 0 Å². The summed E-state index contributed by atoms with van der Waals surface area (Å²) in [6.07, 6.45) is 1.20. The molecule has 0 heterocycles. The number of hydrogen-bond donors (Lipinski definition) is 1. The van der Waals surface area contributed by atoms with E-state index >= 15 is 0 Å². The predicted molar refractivity (Wildman–Crippen MR) is 74.7 cm³/mol. The summed E-state index contributed by atoms with van der Waals surface area (Å²) in [6, 6.07) is 3.70. The number of anilines is 1. The van der Waals surface area contributed by atoms with E-state index in [0.717, 1.165) is 5.56 Å². The van der Waals surface area contributed by atoms with Gasteiger partial charge in [-0.05, 0) is 17.0 Å². The van der Waals surface area contributed by atoms with Crippen LogP contribution in [-0.4, -0.2) is 21.8 Å². The van der Waals surface area contributed by atoms with Gasteiger partial charge in [-0.1, -0.05) is 26.8 Å². The van der Waals surface area contributed by atoms with E-state index in [2.05, 4.69) is 20.8 Å². The summed E-state index contributed by atoms with van der Waals surface area (Å²) in [4.78, 5) is 0. The normalized spacial score (nSPS) is 12.5. The van der Waals surface area contributed by atoms with Gasteiger partial charge in [-0.2, -0.15) is 0 Å². The Bertz CT molecular complexity index is 542. The van der Waals surface area contributed by atoms with Crippen molar-refractivity contribution >= 4 is 15.5 Å². The number of ether oxygens (including phenoxy) is 1. The summed E-state index contributed by atoms with van der Waals surface area (Å²) in [5, 5.41) is 0. The summed E-state index contributed by atoms with van der Waals surface area (Å²) < 4.78 is 28.1. The second-order valence-electron chi connectivity index (χ2n) is 5.58. The van der Waals surface area contributed by atoms with E-state index < -0.39 is 9.84 Å². The van der Waals surface area contributed by atoms with E-state index in [0.29, 0.717) is 17.0 Å². The maximum atomic E-state index is 11.4. The van der Waals surface area contributed by atoms with Crippen molar-refractivity contribution in [1.82, 2.24) is 0 Å². The zero-order valence-electron chi connectivity index (χ0n) is 11.6. The number of benzene rings is 1. The molecule has 0 aliphatic rings. The molecule has 0 amide bonds. The molecule has 4 nitrogen and oxygen atoms in total. The minimum Gasteiger partial charge on any atom is -0.494 e. The highest BCUT2D eigenvalue weighted by atomic mass is 32.2. The largest absolute Gasteiger partial charge is 0.494 e. The average Bonchev–Trinajstić information content (AvgIpc) is 2.13. The second-order valence-corrected chi connectivity index (χ2v) is 7.72. The molecule has 0 atom stereocenters. The Labute approximate surface area is 109 Å². The van der Waals surface area contributed by atoms with Crippen molar-refractivity contribution in [3.05, 3.63) is 23.3 Å². The van der Waals surface area contributed by atoms with E-state index in [4.69, 9.17) is 10.5 Å². The third kappa shape index (κ3) is 3.63. The van der Waals surface area contributed by atoms with E-state index in [1.165, 1.54) is 13.4 Å². The van der Waals surface area contributed by atoms with Gasteiger partial charge in [0.2, 0.25) is 0 Å². The Balaban J connectivity index is 3.42. The maximum absolute atomic E-state index is 11.4. The molecule has 5 heteroatoms. The summed E-state index contributed by atoms with van der Waals surface area (Å²) in [6.45, 7) is 6.16. The molecular weight excluding hydrogens is 250 g/mol. The number of rotatable bonds is 3. The number of methoxy groups -OCH3 is 1. The summed E-state index contributed by atoms with van der Waals surface area (Å²) >= 11 is 0. The van der Waals surface area contributed by atoms with Crippen LogP contribution in [-0.2, 0) is 21.0 Å². The van der Waals surface area contributed by atoms with Crippen LogP contribution in [0.5, 0.6) is 5.75 Å². The van der Waals surface area contributed by atoms with Gasteiger partial charge in [0.25, 0.3) is 0 Å². The van der Waals surface area contributed by atoms with Crippen LogP contribution in [0.25, 0.3) is 0 Å². The number of nitrogens with two attached hydrogens (primary N) is 1. The number of nitrogen functional groups attached to an aromatic ring is 1. The lowest BCUT2D eigenvalue weighted by Crippen LogP contribution is -2.14. The Hall–Kier alpha value is -1.23. The molecular formula is C13H21NO3S. The molecule has 0 saturated carbocycles. The van der Waals surface area contributed by atoms with Crippen LogP contribution in [0.1, 0.15) is 31.9 Å². The molecule has 0 aliphatic heterocycles. The van der Waals surface area contributed by atoms with Gasteiger partial charge in [-0.15, -0.1) is 0 Å². The van der Waals surface area contributed by atoms with Gasteiger partial charge in [0, 0.05) is 11.8 Å². The second kappa shape index (κ2) is 4.80. The quantitative estimate of drug-likeness (QED) is 0.855. The number of sulfone groups is 1. The molecule has 2 N–H and O–H groups in total. The lowest BCUT2D eigenvalue weighted by Gasteiger charge is -2.22. The van der Waals surface area contributed by atoms with Crippen LogP contribution in [0.15, 0.2) is 12.1 Å². The molecule has 0 radical (unpaired) electrons. The van der Waals surface area contributed by atoms with Crippen molar-refractivity contribution in [2.75, 3.05) is 19.1 Å². The highest BCUT2D eigenvalue weighted by molar-refractivity contribution is 7.89. The molecule has 0 aromatic heterocycles. The van der Waals surface area contributed by atoms with Gasteiger partial charge in [0.05, 0.1) is 18.6 Å². The van der Waals surface area contributed by atoms with Gasteiger partial charge >= 0.3 is 0 Å². The smallest absolute Gasteiger partial charge is 0.151 e. The van der Waals surface area contributed by atoms with Gasteiger partial charge < -0.3 is 10.5 Å². The molecule has 102 valence electrons. The summed E-state index contributed by atoms with van der Waals surface area (Å²) in [5.41, 5.74) is 7.93. The lowest BCUT2D eigenvalue weighted by atomic mass is 9.85. The molecule has 0 unspecified atom stereocenters. The average molecular weight is 271 g/mol. The van der Waals surface area contributed by atoms with Crippen molar-refractivity contribution in [3.63, 3.8) is 0 Å². The first-order valence-electron chi connectivity index (χ1n) is 5.69. The first kappa shape index (κ1) is 14.8. The van der Waals surface area contributed by atoms with Crippen molar-refractivity contribution in [2.45, 2.75) is 31.9 Å². The first-order valence-corrected chi connectivity index (χ1v) is 7.75. The van der Waals surface area contributed by atoms with Gasteiger partial charge in [-0.3, -0.25) is 0 Å². The lowest BCUT2D eigenvalue weighted by molar-refractivity contribution is 0.412. The molecule has 0 fully saturated rings. The van der Waals surface area contributed by atoms with Crippen molar-refractivity contribution in [2.24, 2.45) is 0 Å². The standard InChI is InChI=1S/C13H21NO3S/c1-13(2,3)10-6-9(8-18(5,15)16)12(17-4)11(14)7-10/h6-7H,8,14H2,1-5H3. The van der Waals surface area contributed by atoms with Crippen LogP contribution in [0.4, 0.5) is 5.69 Å². The fourth-order valence-corrected chi connectivity index (χ4v) is 2.56. The molecule has 0 bridgehead atoms. The molecule has 0 saturated heterocycles. The Morgan fingerprint density at radius 1 is 1.28 bits per heavy atom. The van der Waals surface area contributed by atoms with Gasteiger partial charge in [0.1, 0.15) is 5.75 Å². The minimum absolute atomic E-state index is 0.0652.